The molecule has 0 radical (unpaired) electrons. The minimum Gasteiger partial charge on any atom is -0.459 e. The van der Waals surface area contributed by atoms with Crippen LogP contribution in [0.15, 0.2) is 24.3 Å². The monoisotopic (exact) mass is 281 g/mol. The first-order valence-corrected chi connectivity index (χ1v) is 7.08. The highest BCUT2D eigenvalue weighted by Crippen LogP contribution is 2.31. The summed E-state index contributed by atoms with van der Waals surface area (Å²) in [6.45, 7) is 2.36. The maximum absolute atomic E-state index is 12.1. The van der Waals surface area contributed by atoms with E-state index in [1.165, 1.54) is 0 Å². The third-order valence-corrected chi connectivity index (χ3v) is 3.93. The lowest BCUT2D eigenvalue weighted by atomic mass is 9.77. The van der Waals surface area contributed by atoms with Gasteiger partial charge in [-0.3, -0.25) is 4.79 Å². The Kier molecular flexibility index (Phi) is 4.48. The van der Waals surface area contributed by atoms with Gasteiger partial charge in [0.15, 0.2) is 0 Å². The van der Waals surface area contributed by atoms with Gasteiger partial charge in [0.05, 0.1) is 0 Å². The van der Waals surface area contributed by atoms with Gasteiger partial charge in [0.2, 0.25) is 0 Å². The number of nitrogens with two attached hydrogens (primary N) is 1. The topological polar surface area (TPSA) is 52.3 Å². The molecule has 0 amide bonds. The molecule has 1 aromatic rings. The van der Waals surface area contributed by atoms with Crippen molar-refractivity contribution in [2.45, 2.75) is 44.8 Å². The summed E-state index contributed by atoms with van der Waals surface area (Å²) < 4.78 is 5.35. The van der Waals surface area contributed by atoms with Gasteiger partial charge in [-0.25, -0.2) is 0 Å². The molecule has 4 heteroatoms. The highest BCUT2D eigenvalue weighted by atomic mass is 35.5. The molecule has 2 rings (SSSR count). The number of hydrogen-bond donors (Lipinski definition) is 1. The molecule has 1 fully saturated rings. The van der Waals surface area contributed by atoms with E-state index in [-0.39, 0.29) is 12.6 Å². The van der Waals surface area contributed by atoms with E-state index in [2.05, 4.69) is 6.92 Å². The van der Waals surface area contributed by atoms with Crippen LogP contribution in [0.3, 0.4) is 0 Å². The highest BCUT2D eigenvalue weighted by Gasteiger charge is 2.39. The van der Waals surface area contributed by atoms with Crippen LogP contribution >= 0.6 is 11.6 Å². The van der Waals surface area contributed by atoms with Gasteiger partial charge in [-0.1, -0.05) is 43.5 Å². The van der Waals surface area contributed by atoms with Crippen molar-refractivity contribution in [2.75, 3.05) is 0 Å². The van der Waals surface area contributed by atoms with Crippen LogP contribution in [-0.2, 0) is 16.1 Å². The van der Waals surface area contributed by atoms with Crippen LogP contribution in [0, 0.1) is 5.92 Å². The van der Waals surface area contributed by atoms with E-state index in [0.29, 0.717) is 23.8 Å². The molecular formula is C15H20ClNO2. The van der Waals surface area contributed by atoms with Crippen LogP contribution in [0.5, 0.6) is 0 Å². The molecule has 0 heterocycles. The molecule has 1 saturated carbocycles. The molecule has 0 spiro atoms. The lowest BCUT2D eigenvalue weighted by Crippen LogP contribution is -2.51. The molecule has 19 heavy (non-hydrogen) atoms. The molecule has 104 valence electrons. The van der Waals surface area contributed by atoms with Gasteiger partial charge in [-0.2, -0.15) is 0 Å². The number of carbonyl (C=O) groups excluding carboxylic acids is 1. The quantitative estimate of drug-likeness (QED) is 0.865. The molecular weight excluding hydrogens is 262 g/mol. The van der Waals surface area contributed by atoms with Crippen molar-refractivity contribution >= 4 is 17.6 Å². The summed E-state index contributed by atoms with van der Waals surface area (Å²) in [6.07, 6.45) is 3.55. The smallest absolute Gasteiger partial charge is 0.326 e. The fourth-order valence-corrected chi connectivity index (χ4v) is 2.91. The highest BCUT2D eigenvalue weighted by molar-refractivity contribution is 6.30. The third-order valence-electron chi connectivity index (χ3n) is 3.70. The summed E-state index contributed by atoms with van der Waals surface area (Å²) in [4.78, 5) is 12.1. The molecule has 1 aliphatic rings. The molecule has 1 aromatic carbocycles. The Labute approximate surface area is 119 Å². The molecule has 1 aliphatic carbocycles. The summed E-state index contributed by atoms with van der Waals surface area (Å²) in [6, 6.07) is 7.31. The van der Waals surface area contributed by atoms with Crippen molar-refractivity contribution in [3.63, 3.8) is 0 Å². The first kappa shape index (κ1) is 14.4. The molecule has 0 aliphatic heterocycles. The van der Waals surface area contributed by atoms with Gasteiger partial charge in [0, 0.05) is 5.02 Å². The van der Waals surface area contributed by atoms with Crippen LogP contribution in [0.25, 0.3) is 0 Å². The van der Waals surface area contributed by atoms with Gasteiger partial charge < -0.3 is 10.5 Å². The number of halogens is 1. The molecule has 2 N–H and O–H groups in total. The lowest BCUT2D eigenvalue weighted by molar-refractivity contribution is -0.153. The van der Waals surface area contributed by atoms with E-state index in [0.717, 1.165) is 18.4 Å². The van der Waals surface area contributed by atoms with Gasteiger partial charge in [-0.05, 0) is 36.5 Å². The van der Waals surface area contributed by atoms with Crippen molar-refractivity contribution in [3.05, 3.63) is 34.9 Å². The maximum atomic E-state index is 12.1. The van der Waals surface area contributed by atoms with Crippen LogP contribution in [0.4, 0.5) is 0 Å². The zero-order valence-corrected chi connectivity index (χ0v) is 12.0. The molecule has 2 unspecified atom stereocenters. The Bertz CT molecular complexity index is 463. The van der Waals surface area contributed by atoms with E-state index < -0.39 is 5.54 Å². The Morgan fingerprint density at radius 3 is 3.05 bits per heavy atom. The van der Waals surface area contributed by atoms with Gasteiger partial charge in [-0.15, -0.1) is 0 Å². The Balaban J connectivity index is 1.94. The second kappa shape index (κ2) is 5.93. The number of hydrogen-bond acceptors (Lipinski definition) is 3. The first-order valence-electron chi connectivity index (χ1n) is 6.70. The van der Waals surface area contributed by atoms with E-state index in [1.807, 2.05) is 12.1 Å². The Hall–Kier alpha value is -1.06. The average molecular weight is 282 g/mol. The average Bonchev–Trinajstić information content (AvgIpc) is 2.35. The summed E-state index contributed by atoms with van der Waals surface area (Å²) in [5.74, 6) is 0.191. The minimum atomic E-state index is -0.809. The predicted octanol–water partition coefficient (Wildman–Crippen LogP) is 3.29. The molecule has 2 atom stereocenters. The van der Waals surface area contributed by atoms with Crippen LogP contribution in [0.1, 0.15) is 38.2 Å². The second-order valence-corrected chi connectivity index (χ2v) is 6.00. The van der Waals surface area contributed by atoms with Crippen molar-refractivity contribution in [2.24, 2.45) is 11.7 Å². The van der Waals surface area contributed by atoms with Crippen molar-refractivity contribution in [1.29, 1.82) is 0 Å². The predicted molar refractivity (Wildman–Crippen MR) is 75.8 cm³/mol. The Morgan fingerprint density at radius 1 is 1.58 bits per heavy atom. The van der Waals surface area contributed by atoms with Gasteiger partial charge >= 0.3 is 5.97 Å². The standard InChI is InChI=1S/C15H20ClNO2/c1-11-4-3-7-15(17,9-11)14(18)19-10-12-5-2-6-13(16)8-12/h2,5-6,8,11H,3-4,7,9-10,17H2,1H3. The van der Waals surface area contributed by atoms with Crippen molar-refractivity contribution in [1.82, 2.24) is 0 Å². The van der Waals surface area contributed by atoms with Crippen LogP contribution in [0.2, 0.25) is 5.02 Å². The summed E-state index contributed by atoms with van der Waals surface area (Å²) in [5.41, 5.74) is 6.26. The first-order chi connectivity index (χ1) is 8.99. The largest absolute Gasteiger partial charge is 0.459 e. The second-order valence-electron chi connectivity index (χ2n) is 5.56. The molecule has 0 bridgehead atoms. The Morgan fingerprint density at radius 2 is 2.37 bits per heavy atom. The summed E-state index contributed by atoms with van der Waals surface area (Å²) >= 11 is 5.89. The molecule has 0 saturated heterocycles. The van der Waals surface area contributed by atoms with E-state index in [4.69, 9.17) is 22.1 Å². The number of rotatable bonds is 3. The third kappa shape index (κ3) is 3.71. The fraction of sp³-hybridized carbons (Fsp3) is 0.533. The zero-order chi connectivity index (χ0) is 13.9. The summed E-state index contributed by atoms with van der Waals surface area (Å²) in [7, 11) is 0. The number of ether oxygens (including phenoxy) is 1. The number of esters is 1. The SMILES string of the molecule is CC1CCCC(N)(C(=O)OCc2cccc(Cl)c2)C1. The van der Waals surface area contributed by atoms with Gasteiger partial charge in [0.25, 0.3) is 0 Å². The minimum absolute atomic E-state index is 0.229. The van der Waals surface area contributed by atoms with Crippen LogP contribution < -0.4 is 5.73 Å². The van der Waals surface area contributed by atoms with E-state index in [9.17, 15) is 4.79 Å². The maximum Gasteiger partial charge on any atom is 0.326 e. The van der Waals surface area contributed by atoms with E-state index in [1.54, 1.807) is 12.1 Å². The lowest BCUT2D eigenvalue weighted by Gasteiger charge is -2.34. The van der Waals surface area contributed by atoms with Crippen LogP contribution in [-0.4, -0.2) is 11.5 Å². The van der Waals surface area contributed by atoms with Crippen molar-refractivity contribution in [3.8, 4) is 0 Å². The summed E-state index contributed by atoms with van der Waals surface area (Å²) in [5, 5.41) is 0.641. The normalized spacial score (nSPS) is 27.0. The van der Waals surface area contributed by atoms with Crippen molar-refractivity contribution < 1.29 is 9.53 Å². The number of benzene rings is 1. The number of carbonyl (C=O) groups is 1. The fourth-order valence-electron chi connectivity index (χ4n) is 2.70. The van der Waals surface area contributed by atoms with Gasteiger partial charge in [0.1, 0.15) is 12.1 Å². The van der Waals surface area contributed by atoms with E-state index >= 15 is 0 Å². The molecule has 3 nitrogen and oxygen atoms in total. The zero-order valence-electron chi connectivity index (χ0n) is 11.2. The molecule has 0 aromatic heterocycles.